The van der Waals surface area contributed by atoms with E-state index in [0.717, 1.165) is 41.8 Å². The summed E-state index contributed by atoms with van der Waals surface area (Å²) in [6.45, 7) is 6.44. The molecule has 0 unspecified atom stereocenters. The zero-order valence-corrected chi connectivity index (χ0v) is 14.4. The molecule has 2 aromatic rings. The van der Waals surface area contributed by atoms with Crippen LogP contribution in [0.15, 0.2) is 24.3 Å². The molecule has 128 valence electrons. The Morgan fingerprint density at radius 3 is 2.54 bits per heavy atom. The molecule has 24 heavy (non-hydrogen) atoms. The first-order valence-corrected chi connectivity index (χ1v) is 8.44. The summed E-state index contributed by atoms with van der Waals surface area (Å²) >= 11 is 0. The van der Waals surface area contributed by atoms with Gasteiger partial charge in [-0.2, -0.15) is 5.10 Å². The first kappa shape index (κ1) is 16.7. The summed E-state index contributed by atoms with van der Waals surface area (Å²) in [5, 5.41) is 10.2. The van der Waals surface area contributed by atoms with E-state index >= 15 is 0 Å². The Hall–Kier alpha value is -2.17. The van der Waals surface area contributed by atoms with E-state index in [1.807, 2.05) is 32.9 Å². The third kappa shape index (κ3) is 3.50. The number of aromatic amines is 1. The Kier molecular flexibility index (Phi) is 4.43. The molecule has 3 rings (SSSR count). The second-order valence-corrected chi connectivity index (χ2v) is 7.09. The van der Waals surface area contributed by atoms with Gasteiger partial charge in [0, 0.05) is 17.8 Å². The van der Waals surface area contributed by atoms with Crippen LogP contribution in [0.5, 0.6) is 0 Å². The fraction of sp³-hybridized carbons (Fsp3) is 0.474. The molecule has 2 N–H and O–H groups in total. The molecule has 1 atom stereocenters. The Morgan fingerprint density at radius 1 is 1.33 bits per heavy atom. The van der Waals surface area contributed by atoms with E-state index in [1.165, 1.54) is 12.1 Å². The van der Waals surface area contributed by atoms with Gasteiger partial charge in [0.1, 0.15) is 5.82 Å². The quantitative estimate of drug-likeness (QED) is 0.853. The summed E-state index contributed by atoms with van der Waals surface area (Å²) in [7, 11) is 0. The minimum atomic E-state index is -0.217. The van der Waals surface area contributed by atoms with Crippen LogP contribution in [0.25, 0.3) is 0 Å². The van der Waals surface area contributed by atoms with Crippen LogP contribution in [-0.2, 0) is 11.2 Å². The Bertz CT molecular complexity index is 712. The largest absolute Gasteiger partial charge is 0.355 e. The Balaban J connectivity index is 1.58. The first-order valence-electron chi connectivity index (χ1n) is 8.44. The van der Waals surface area contributed by atoms with E-state index in [0.29, 0.717) is 6.54 Å². The van der Waals surface area contributed by atoms with Gasteiger partial charge in [-0.3, -0.25) is 9.89 Å². The molecule has 5 heteroatoms. The molecule has 1 heterocycles. The lowest BCUT2D eigenvalue weighted by molar-refractivity contribution is -0.122. The maximum Gasteiger partial charge on any atom is 0.227 e. The molecule has 1 fully saturated rings. The number of H-pyrrole nitrogens is 1. The van der Waals surface area contributed by atoms with Gasteiger partial charge in [0.2, 0.25) is 5.91 Å². The molecule has 1 amide bonds. The summed E-state index contributed by atoms with van der Waals surface area (Å²) in [5.41, 5.74) is 4.06. The molecule has 1 saturated carbocycles. The number of nitrogens with one attached hydrogen (secondary N) is 2. The van der Waals surface area contributed by atoms with Crippen LogP contribution in [0.2, 0.25) is 0 Å². The maximum absolute atomic E-state index is 13.0. The van der Waals surface area contributed by atoms with Gasteiger partial charge in [-0.25, -0.2) is 4.39 Å². The predicted octanol–water partition coefficient (Wildman–Crippen LogP) is 3.41. The van der Waals surface area contributed by atoms with Crippen molar-refractivity contribution in [2.75, 3.05) is 6.54 Å². The zero-order valence-electron chi connectivity index (χ0n) is 14.4. The second-order valence-electron chi connectivity index (χ2n) is 7.09. The molecule has 0 aliphatic heterocycles. The lowest BCUT2D eigenvalue weighted by Gasteiger charge is -2.19. The van der Waals surface area contributed by atoms with Crippen LogP contribution in [0.4, 0.5) is 4.39 Å². The lowest BCUT2D eigenvalue weighted by Crippen LogP contribution is -2.34. The highest BCUT2D eigenvalue weighted by atomic mass is 19.1. The monoisotopic (exact) mass is 329 g/mol. The number of amides is 1. The van der Waals surface area contributed by atoms with E-state index in [-0.39, 0.29) is 23.1 Å². The fourth-order valence-corrected chi connectivity index (χ4v) is 3.38. The highest BCUT2D eigenvalue weighted by Gasteiger charge is 2.42. The van der Waals surface area contributed by atoms with Crippen molar-refractivity contribution in [2.45, 2.75) is 46.0 Å². The van der Waals surface area contributed by atoms with Gasteiger partial charge >= 0.3 is 0 Å². The Morgan fingerprint density at radius 2 is 2.00 bits per heavy atom. The normalized spacial score (nSPS) is 16.7. The lowest BCUT2D eigenvalue weighted by atomic mass is 9.95. The van der Waals surface area contributed by atoms with Crippen LogP contribution in [0, 0.1) is 25.1 Å². The molecule has 0 radical (unpaired) electrons. The minimum absolute atomic E-state index is 0.0352. The van der Waals surface area contributed by atoms with Gasteiger partial charge < -0.3 is 5.32 Å². The number of rotatable bonds is 6. The molecule has 0 saturated heterocycles. The molecular formula is C19H24FN3O. The number of aryl methyl sites for hydroxylation is 2. The molecule has 0 bridgehead atoms. The van der Waals surface area contributed by atoms with Crippen molar-refractivity contribution in [1.82, 2.24) is 15.5 Å². The fourth-order valence-electron chi connectivity index (χ4n) is 3.38. The van der Waals surface area contributed by atoms with Crippen LogP contribution in [-0.4, -0.2) is 22.6 Å². The molecule has 1 aliphatic carbocycles. The van der Waals surface area contributed by atoms with Crippen LogP contribution < -0.4 is 5.32 Å². The number of halogens is 1. The van der Waals surface area contributed by atoms with Crippen molar-refractivity contribution >= 4 is 5.91 Å². The number of carbonyl (C=O) groups is 1. The molecule has 1 aromatic heterocycles. The van der Waals surface area contributed by atoms with Gasteiger partial charge in [0.25, 0.3) is 0 Å². The van der Waals surface area contributed by atoms with E-state index in [9.17, 15) is 9.18 Å². The number of carbonyl (C=O) groups excluding carboxylic acids is 1. The average Bonchev–Trinajstić information content (AvgIpc) is 3.24. The smallest absolute Gasteiger partial charge is 0.227 e. The zero-order chi connectivity index (χ0) is 17.3. The van der Waals surface area contributed by atoms with Crippen molar-refractivity contribution in [2.24, 2.45) is 5.41 Å². The van der Waals surface area contributed by atoms with Crippen molar-refractivity contribution in [3.05, 3.63) is 52.6 Å². The predicted molar refractivity (Wildman–Crippen MR) is 91.3 cm³/mol. The van der Waals surface area contributed by atoms with E-state index in [1.54, 1.807) is 0 Å². The topological polar surface area (TPSA) is 57.8 Å². The molecule has 1 aliphatic rings. The third-order valence-electron chi connectivity index (χ3n) is 5.10. The van der Waals surface area contributed by atoms with Crippen LogP contribution >= 0.6 is 0 Å². The van der Waals surface area contributed by atoms with Gasteiger partial charge in [0.15, 0.2) is 0 Å². The number of nitrogens with zero attached hydrogens (tertiary/aromatic N) is 1. The van der Waals surface area contributed by atoms with Gasteiger partial charge in [-0.1, -0.05) is 12.1 Å². The van der Waals surface area contributed by atoms with Gasteiger partial charge in [0.05, 0.1) is 11.6 Å². The summed E-state index contributed by atoms with van der Waals surface area (Å²) in [6.07, 6.45) is 3.08. The summed E-state index contributed by atoms with van der Waals surface area (Å²) in [6, 6.07) is 6.66. The minimum Gasteiger partial charge on any atom is -0.355 e. The highest BCUT2D eigenvalue weighted by Crippen LogP contribution is 2.47. The average molecular weight is 329 g/mol. The number of hydrogen-bond donors (Lipinski definition) is 2. The first-order chi connectivity index (χ1) is 11.4. The van der Waals surface area contributed by atoms with Gasteiger partial charge in [-0.15, -0.1) is 0 Å². The Labute approximate surface area is 141 Å². The van der Waals surface area contributed by atoms with Crippen molar-refractivity contribution < 1.29 is 9.18 Å². The van der Waals surface area contributed by atoms with Crippen LogP contribution in [0.3, 0.4) is 0 Å². The van der Waals surface area contributed by atoms with Crippen LogP contribution in [0.1, 0.15) is 48.2 Å². The SMILES string of the molecule is Cc1n[nH]c(C)c1[C@H](C)C(=O)NCC1(Cc2ccc(F)cc2)CC1. The summed E-state index contributed by atoms with van der Waals surface area (Å²) in [5.74, 6) is -0.394. The van der Waals surface area contributed by atoms with E-state index in [4.69, 9.17) is 0 Å². The number of hydrogen-bond acceptors (Lipinski definition) is 2. The standard InChI is InChI=1S/C19H24FN3O/c1-12(17-13(2)22-23-14(17)3)18(24)21-11-19(8-9-19)10-15-4-6-16(20)7-5-15/h4-7,12H,8-11H2,1-3H3,(H,21,24)(H,22,23)/t12-/m0/s1. The summed E-state index contributed by atoms with van der Waals surface area (Å²) in [4.78, 5) is 12.5. The van der Waals surface area contributed by atoms with E-state index in [2.05, 4.69) is 15.5 Å². The molecule has 4 nitrogen and oxygen atoms in total. The number of aromatic nitrogens is 2. The number of benzene rings is 1. The molecule has 0 spiro atoms. The molecular weight excluding hydrogens is 305 g/mol. The van der Waals surface area contributed by atoms with Gasteiger partial charge in [-0.05, 0) is 63.1 Å². The van der Waals surface area contributed by atoms with Crippen molar-refractivity contribution in [3.63, 3.8) is 0 Å². The maximum atomic E-state index is 13.0. The highest BCUT2D eigenvalue weighted by molar-refractivity contribution is 5.83. The van der Waals surface area contributed by atoms with E-state index < -0.39 is 0 Å². The van der Waals surface area contributed by atoms with Crippen molar-refractivity contribution in [3.8, 4) is 0 Å². The third-order valence-corrected chi connectivity index (χ3v) is 5.10. The summed E-state index contributed by atoms with van der Waals surface area (Å²) < 4.78 is 13.0. The molecule has 1 aromatic carbocycles. The van der Waals surface area contributed by atoms with Crippen molar-refractivity contribution in [1.29, 1.82) is 0 Å². The second kappa shape index (κ2) is 6.38.